The minimum atomic E-state index is -0.167. The fourth-order valence-electron chi connectivity index (χ4n) is 4.01. The number of hydrogen-bond donors (Lipinski definition) is 2. The van der Waals surface area contributed by atoms with Crippen LogP contribution in [0.3, 0.4) is 0 Å². The molecule has 168 valence electrons. The number of nitrogens with zero attached hydrogens (tertiary/aromatic N) is 2. The molecule has 0 radical (unpaired) electrons. The van der Waals surface area contributed by atoms with E-state index in [1.54, 1.807) is 7.05 Å². The van der Waals surface area contributed by atoms with E-state index in [1.807, 2.05) is 31.1 Å². The first kappa shape index (κ1) is 23.2. The van der Waals surface area contributed by atoms with Crippen LogP contribution in [-0.2, 0) is 17.8 Å². The van der Waals surface area contributed by atoms with Gasteiger partial charge in [0.2, 0.25) is 0 Å². The van der Waals surface area contributed by atoms with Gasteiger partial charge >= 0.3 is 0 Å². The number of nitrogens with one attached hydrogen (secondary N) is 2. The first-order valence-electron chi connectivity index (χ1n) is 11.0. The molecule has 1 aliphatic heterocycles. The second-order valence-electron chi connectivity index (χ2n) is 8.57. The molecule has 0 aliphatic carbocycles. The molecule has 3 rings (SSSR count). The molecule has 2 N–H and O–H groups in total. The molecule has 0 aromatic heterocycles. The highest BCUT2D eigenvalue weighted by Crippen LogP contribution is 2.33. The van der Waals surface area contributed by atoms with Crippen LogP contribution in [0.5, 0.6) is 0 Å². The molecule has 5 nitrogen and oxygen atoms in total. The SMILES string of the molecule is CN=C(NCc1ccc(F)c(CN(C)C)c1)NCC1CCCOC1c1ccc(C)cc1. The summed E-state index contributed by atoms with van der Waals surface area (Å²) < 4.78 is 20.2. The van der Waals surface area contributed by atoms with Crippen LogP contribution in [0.25, 0.3) is 0 Å². The lowest BCUT2D eigenvalue weighted by atomic mass is 9.89. The summed E-state index contributed by atoms with van der Waals surface area (Å²) in [5.41, 5.74) is 4.22. The van der Waals surface area contributed by atoms with Crippen LogP contribution in [-0.4, -0.2) is 45.2 Å². The Labute approximate surface area is 185 Å². The Hall–Kier alpha value is -2.44. The zero-order valence-corrected chi connectivity index (χ0v) is 19.1. The van der Waals surface area contributed by atoms with Crippen molar-refractivity contribution < 1.29 is 9.13 Å². The Bertz CT molecular complexity index is 866. The van der Waals surface area contributed by atoms with Gasteiger partial charge in [0.15, 0.2) is 5.96 Å². The monoisotopic (exact) mass is 426 g/mol. The minimum absolute atomic E-state index is 0.102. The van der Waals surface area contributed by atoms with Crippen molar-refractivity contribution in [1.29, 1.82) is 0 Å². The molecule has 0 saturated carbocycles. The number of aliphatic imine (C=N–C) groups is 1. The molecular formula is C25H35FN4O. The van der Waals surface area contributed by atoms with Crippen LogP contribution >= 0.6 is 0 Å². The zero-order chi connectivity index (χ0) is 22.2. The molecule has 0 spiro atoms. The maximum absolute atomic E-state index is 14.0. The van der Waals surface area contributed by atoms with E-state index >= 15 is 0 Å². The van der Waals surface area contributed by atoms with Crippen molar-refractivity contribution in [2.75, 3.05) is 34.3 Å². The Morgan fingerprint density at radius 1 is 1.16 bits per heavy atom. The van der Waals surface area contributed by atoms with Crippen LogP contribution in [0.1, 0.15) is 41.2 Å². The Morgan fingerprint density at radius 2 is 1.94 bits per heavy atom. The normalized spacial score (nSPS) is 19.5. The van der Waals surface area contributed by atoms with Gasteiger partial charge in [-0.2, -0.15) is 0 Å². The highest BCUT2D eigenvalue weighted by molar-refractivity contribution is 5.79. The third-order valence-electron chi connectivity index (χ3n) is 5.66. The predicted molar refractivity (Wildman–Crippen MR) is 125 cm³/mol. The predicted octanol–water partition coefficient (Wildman–Crippen LogP) is 4.03. The molecule has 0 bridgehead atoms. The molecule has 2 unspecified atom stereocenters. The largest absolute Gasteiger partial charge is 0.373 e. The molecule has 1 heterocycles. The Morgan fingerprint density at radius 3 is 2.65 bits per heavy atom. The number of halogens is 1. The van der Waals surface area contributed by atoms with Crippen molar-refractivity contribution in [2.45, 2.75) is 39.0 Å². The molecule has 1 saturated heterocycles. The summed E-state index contributed by atoms with van der Waals surface area (Å²) in [6, 6.07) is 13.9. The van der Waals surface area contributed by atoms with Gasteiger partial charge in [0.05, 0.1) is 6.10 Å². The number of rotatable bonds is 7. The number of guanidine groups is 1. The summed E-state index contributed by atoms with van der Waals surface area (Å²) in [6.45, 7) is 4.86. The molecule has 2 atom stereocenters. The van der Waals surface area contributed by atoms with E-state index in [2.05, 4.69) is 46.8 Å². The molecule has 1 aliphatic rings. The standard InChI is InChI=1S/C25H35FN4O/c1-18-7-10-20(11-8-18)24-21(6-5-13-31-24)16-29-25(27-2)28-15-19-9-12-23(26)22(14-19)17-30(3)4/h7-12,14,21,24H,5-6,13,15-17H2,1-4H3,(H2,27,28,29). The molecule has 2 aromatic carbocycles. The first-order valence-corrected chi connectivity index (χ1v) is 11.0. The van der Waals surface area contributed by atoms with E-state index in [-0.39, 0.29) is 11.9 Å². The summed E-state index contributed by atoms with van der Waals surface area (Å²) in [4.78, 5) is 6.32. The van der Waals surface area contributed by atoms with Crippen molar-refractivity contribution in [3.63, 3.8) is 0 Å². The van der Waals surface area contributed by atoms with Gasteiger partial charge < -0.3 is 20.3 Å². The van der Waals surface area contributed by atoms with Crippen LogP contribution in [0.4, 0.5) is 4.39 Å². The van der Waals surface area contributed by atoms with E-state index in [9.17, 15) is 4.39 Å². The van der Waals surface area contributed by atoms with Gasteiger partial charge in [-0.05, 0) is 57.1 Å². The number of aryl methyl sites for hydroxylation is 1. The number of hydrogen-bond acceptors (Lipinski definition) is 3. The second kappa shape index (κ2) is 11.3. The van der Waals surface area contributed by atoms with Gasteiger partial charge in [0, 0.05) is 44.8 Å². The van der Waals surface area contributed by atoms with E-state index in [0.717, 1.165) is 37.5 Å². The van der Waals surface area contributed by atoms with Gasteiger partial charge in [-0.1, -0.05) is 35.9 Å². The lowest BCUT2D eigenvalue weighted by Gasteiger charge is -2.32. The maximum Gasteiger partial charge on any atom is 0.191 e. The fraction of sp³-hybridized carbons (Fsp3) is 0.480. The van der Waals surface area contributed by atoms with Crippen molar-refractivity contribution in [2.24, 2.45) is 10.9 Å². The van der Waals surface area contributed by atoms with E-state index in [1.165, 1.54) is 17.2 Å². The topological polar surface area (TPSA) is 48.9 Å². The average molecular weight is 427 g/mol. The summed E-state index contributed by atoms with van der Waals surface area (Å²) >= 11 is 0. The molecule has 31 heavy (non-hydrogen) atoms. The summed E-state index contributed by atoms with van der Waals surface area (Å²) in [5.74, 6) is 0.957. The van der Waals surface area contributed by atoms with Crippen LogP contribution in [0.2, 0.25) is 0 Å². The van der Waals surface area contributed by atoms with Crippen LogP contribution in [0.15, 0.2) is 47.5 Å². The number of benzene rings is 2. The lowest BCUT2D eigenvalue weighted by Crippen LogP contribution is -2.41. The summed E-state index contributed by atoms with van der Waals surface area (Å²) in [5, 5.41) is 6.80. The van der Waals surface area contributed by atoms with Crippen LogP contribution in [0, 0.1) is 18.7 Å². The molecule has 2 aromatic rings. The van der Waals surface area contributed by atoms with Crippen molar-refractivity contribution in [3.8, 4) is 0 Å². The minimum Gasteiger partial charge on any atom is -0.373 e. The molecule has 6 heteroatoms. The van der Waals surface area contributed by atoms with Gasteiger partial charge in [0.1, 0.15) is 5.82 Å². The number of ether oxygens (including phenoxy) is 1. The lowest BCUT2D eigenvalue weighted by molar-refractivity contribution is -0.0265. The van der Waals surface area contributed by atoms with E-state index in [0.29, 0.717) is 24.6 Å². The maximum atomic E-state index is 14.0. The van der Waals surface area contributed by atoms with Gasteiger partial charge in [-0.3, -0.25) is 4.99 Å². The first-order chi connectivity index (χ1) is 15.0. The Balaban J connectivity index is 1.56. The van der Waals surface area contributed by atoms with E-state index < -0.39 is 0 Å². The van der Waals surface area contributed by atoms with Crippen LogP contribution < -0.4 is 10.6 Å². The quantitative estimate of drug-likeness (QED) is 0.518. The highest BCUT2D eigenvalue weighted by Gasteiger charge is 2.27. The summed E-state index contributed by atoms with van der Waals surface area (Å²) in [6.07, 6.45) is 2.30. The fourth-order valence-corrected chi connectivity index (χ4v) is 4.01. The molecule has 0 amide bonds. The van der Waals surface area contributed by atoms with E-state index in [4.69, 9.17) is 4.74 Å². The third kappa shape index (κ3) is 6.77. The smallest absolute Gasteiger partial charge is 0.191 e. The third-order valence-corrected chi connectivity index (χ3v) is 5.66. The summed E-state index contributed by atoms with van der Waals surface area (Å²) in [7, 11) is 5.65. The van der Waals surface area contributed by atoms with Crippen molar-refractivity contribution >= 4 is 5.96 Å². The van der Waals surface area contributed by atoms with Gasteiger partial charge in [0.25, 0.3) is 0 Å². The molecular weight excluding hydrogens is 391 g/mol. The Kier molecular flexibility index (Phi) is 8.43. The zero-order valence-electron chi connectivity index (χ0n) is 19.1. The highest BCUT2D eigenvalue weighted by atomic mass is 19.1. The average Bonchev–Trinajstić information content (AvgIpc) is 2.76. The van der Waals surface area contributed by atoms with Gasteiger partial charge in [-0.15, -0.1) is 0 Å². The van der Waals surface area contributed by atoms with Gasteiger partial charge in [-0.25, -0.2) is 4.39 Å². The van der Waals surface area contributed by atoms with Crippen molar-refractivity contribution in [3.05, 3.63) is 70.5 Å². The van der Waals surface area contributed by atoms with Crippen molar-refractivity contribution in [1.82, 2.24) is 15.5 Å². The molecule has 1 fully saturated rings. The second-order valence-corrected chi connectivity index (χ2v) is 8.57.